The van der Waals surface area contributed by atoms with Crippen molar-refractivity contribution in [2.45, 2.75) is 19.5 Å². The van der Waals surface area contributed by atoms with Crippen LogP contribution >= 0.6 is 11.6 Å². The summed E-state index contributed by atoms with van der Waals surface area (Å²) in [5.74, 6) is 1.99. The fourth-order valence-corrected chi connectivity index (χ4v) is 4.15. The van der Waals surface area contributed by atoms with Crippen LogP contribution in [-0.2, 0) is 13.1 Å². The minimum Gasteiger partial charge on any atom is -0.350 e. The van der Waals surface area contributed by atoms with Crippen LogP contribution in [0.5, 0.6) is 0 Å². The molecular formula is C23H23ClN6. The largest absolute Gasteiger partial charge is 0.350 e. The van der Waals surface area contributed by atoms with Crippen LogP contribution in [0, 0.1) is 5.92 Å². The van der Waals surface area contributed by atoms with Crippen molar-refractivity contribution < 1.29 is 0 Å². The number of aromatic nitrogens is 4. The minimum atomic E-state index is 0.541. The van der Waals surface area contributed by atoms with Gasteiger partial charge in [-0.25, -0.2) is 9.97 Å². The Kier molecular flexibility index (Phi) is 5.34. The summed E-state index contributed by atoms with van der Waals surface area (Å²) < 4.78 is 2.20. The first-order chi connectivity index (χ1) is 14.8. The average Bonchev–Trinajstić information content (AvgIpc) is 3.42. The van der Waals surface area contributed by atoms with Gasteiger partial charge in [-0.15, -0.1) is 0 Å². The molecule has 0 saturated carbocycles. The fourth-order valence-electron chi connectivity index (χ4n) is 3.93. The number of hydrogen-bond acceptors (Lipinski definition) is 5. The standard InChI is InChI=1S/C23H23ClN6/c24-19-9-5-4-8-18(19)21-28-20-14-27-23(26-13-16-6-2-1-3-7-16)29-22(20)30(21)15-17-10-11-25-12-17/h1-9,14,17,25H,10-13,15H2,(H,26,27,29). The van der Waals surface area contributed by atoms with Gasteiger partial charge >= 0.3 is 0 Å². The Hall–Kier alpha value is -2.96. The number of halogens is 1. The number of fused-ring (bicyclic) bond motifs is 1. The molecule has 0 spiro atoms. The van der Waals surface area contributed by atoms with Gasteiger partial charge in [0.2, 0.25) is 5.95 Å². The van der Waals surface area contributed by atoms with Gasteiger partial charge < -0.3 is 15.2 Å². The molecule has 1 saturated heterocycles. The third-order valence-corrected chi connectivity index (χ3v) is 5.83. The van der Waals surface area contributed by atoms with Crippen LogP contribution in [0.1, 0.15) is 12.0 Å². The number of hydrogen-bond donors (Lipinski definition) is 2. The zero-order chi connectivity index (χ0) is 20.3. The second-order valence-electron chi connectivity index (χ2n) is 7.63. The molecule has 0 bridgehead atoms. The number of nitrogens with zero attached hydrogens (tertiary/aromatic N) is 4. The van der Waals surface area contributed by atoms with E-state index in [9.17, 15) is 0 Å². The van der Waals surface area contributed by atoms with Crippen molar-refractivity contribution in [2.75, 3.05) is 18.4 Å². The fraction of sp³-hybridized carbons (Fsp3) is 0.261. The van der Waals surface area contributed by atoms with E-state index < -0.39 is 0 Å². The molecule has 1 atom stereocenters. The zero-order valence-electron chi connectivity index (χ0n) is 16.6. The summed E-state index contributed by atoms with van der Waals surface area (Å²) >= 11 is 6.51. The lowest BCUT2D eigenvalue weighted by Gasteiger charge is -2.14. The normalized spacial score (nSPS) is 16.2. The Bertz CT molecular complexity index is 1150. The van der Waals surface area contributed by atoms with Crippen LogP contribution in [0.2, 0.25) is 5.02 Å². The molecule has 152 valence electrons. The number of rotatable bonds is 6. The Morgan fingerprint density at radius 2 is 1.90 bits per heavy atom. The van der Waals surface area contributed by atoms with E-state index in [1.54, 1.807) is 6.20 Å². The molecule has 5 rings (SSSR count). The molecule has 1 aliphatic heterocycles. The van der Waals surface area contributed by atoms with E-state index in [1.807, 2.05) is 42.5 Å². The molecule has 2 aromatic heterocycles. The van der Waals surface area contributed by atoms with Gasteiger partial charge in [-0.2, -0.15) is 4.98 Å². The molecule has 7 heteroatoms. The molecule has 0 radical (unpaired) electrons. The maximum absolute atomic E-state index is 6.51. The molecule has 0 amide bonds. The van der Waals surface area contributed by atoms with E-state index in [2.05, 4.69) is 32.3 Å². The highest BCUT2D eigenvalue weighted by Crippen LogP contribution is 2.31. The maximum Gasteiger partial charge on any atom is 0.225 e. The Balaban J connectivity index is 1.53. The highest BCUT2D eigenvalue weighted by atomic mass is 35.5. The van der Waals surface area contributed by atoms with Gasteiger partial charge in [-0.05, 0) is 43.1 Å². The first-order valence-corrected chi connectivity index (χ1v) is 10.6. The lowest BCUT2D eigenvalue weighted by atomic mass is 10.1. The zero-order valence-corrected chi connectivity index (χ0v) is 17.3. The van der Waals surface area contributed by atoms with Gasteiger partial charge in [-0.3, -0.25) is 0 Å². The molecule has 1 unspecified atom stereocenters. The smallest absolute Gasteiger partial charge is 0.225 e. The van der Waals surface area contributed by atoms with E-state index >= 15 is 0 Å². The SMILES string of the molecule is Clc1ccccc1-c1nc2cnc(NCc3ccccc3)nc2n1CC1CCNC1. The van der Waals surface area contributed by atoms with Crippen LogP contribution < -0.4 is 10.6 Å². The first-order valence-electron chi connectivity index (χ1n) is 10.2. The average molecular weight is 419 g/mol. The molecule has 3 heterocycles. The molecular weight excluding hydrogens is 396 g/mol. The molecule has 1 fully saturated rings. The molecule has 30 heavy (non-hydrogen) atoms. The van der Waals surface area contributed by atoms with Gasteiger partial charge in [0, 0.05) is 18.7 Å². The molecule has 4 aromatic rings. The van der Waals surface area contributed by atoms with Crippen LogP contribution in [0.3, 0.4) is 0 Å². The van der Waals surface area contributed by atoms with E-state index in [0.717, 1.165) is 48.6 Å². The quantitative estimate of drug-likeness (QED) is 0.486. The predicted molar refractivity (Wildman–Crippen MR) is 121 cm³/mol. The van der Waals surface area contributed by atoms with Crippen LogP contribution in [-0.4, -0.2) is 32.6 Å². The Morgan fingerprint density at radius 1 is 1.07 bits per heavy atom. The number of benzene rings is 2. The summed E-state index contributed by atoms with van der Waals surface area (Å²) in [4.78, 5) is 14.2. The highest BCUT2D eigenvalue weighted by molar-refractivity contribution is 6.33. The van der Waals surface area contributed by atoms with E-state index in [4.69, 9.17) is 21.6 Å². The molecule has 2 N–H and O–H groups in total. The summed E-state index contributed by atoms with van der Waals surface area (Å²) in [7, 11) is 0. The van der Waals surface area contributed by atoms with Gasteiger partial charge in [0.15, 0.2) is 5.65 Å². The van der Waals surface area contributed by atoms with E-state index in [1.165, 1.54) is 5.56 Å². The molecule has 2 aromatic carbocycles. The lowest BCUT2D eigenvalue weighted by Crippen LogP contribution is -2.16. The van der Waals surface area contributed by atoms with Crippen molar-refractivity contribution in [1.82, 2.24) is 24.8 Å². The molecule has 0 aliphatic carbocycles. The third kappa shape index (κ3) is 3.88. The van der Waals surface area contributed by atoms with E-state index in [-0.39, 0.29) is 0 Å². The molecule has 1 aliphatic rings. The Morgan fingerprint density at radius 3 is 2.70 bits per heavy atom. The second-order valence-corrected chi connectivity index (χ2v) is 8.03. The summed E-state index contributed by atoms with van der Waals surface area (Å²) in [5.41, 5.74) is 3.72. The van der Waals surface area contributed by atoms with Crippen molar-refractivity contribution in [3.63, 3.8) is 0 Å². The van der Waals surface area contributed by atoms with Crippen LogP contribution in [0.25, 0.3) is 22.6 Å². The van der Waals surface area contributed by atoms with Crippen molar-refractivity contribution in [3.8, 4) is 11.4 Å². The van der Waals surface area contributed by atoms with E-state index in [0.29, 0.717) is 23.4 Å². The van der Waals surface area contributed by atoms with Gasteiger partial charge in [-0.1, -0.05) is 54.1 Å². The van der Waals surface area contributed by atoms with Crippen LogP contribution in [0.15, 0.2) is 60.8 Å². The van der Waals surface area contributed by atoms with Crippen molar-refractivity contribution in [1.29, 1.82) is 0 Å². The predicted octanol–water partition coefficient (Wildman–Crippen LogP) is 4.37. The molecule has 6 nitrogen and oxygen atoms in total. The minimum absolute atomic E-state index is 0.541. The lowest BCUT2D eigenvalue weighted by molar-refractivity contribution is 0.490. The number of imidazole rings is 1. The van der Waals surface area contributed by atoms with Gasteiger partial charge in [0.05, 0.1) is 11.2 Å². The number of nitrogens with one attached hydrogen (secondary N) is 2. The first kappa shape index (κ1) is 19.0. The summed E-state index contributed by atoms with van der Waals surface area (Å²) in [6.45, 7) is 3.58. The van der Waals surface area contributed by atoms with Crippen molar-refractivity contribution in [3.05, 3.63) is 71.4 Å². The van der Waals surface area contributed by atoms with Crippen molar-refractivity contribution in [2.24, 2.45) is 5.92 Å². The Labute approximate surface area is 180 Å². The van der Waals surface area contributed by atoms with Crippen molar-refractivity contribution >= 4 is 28.7 Å². The highest BCUT2D eigenvalue weighted by Gasteiger charge is 2.22. The third-order valence-electron chi connectivity index (χ3n) is 5.50. The topological polar surface area (TPSA) is 67.7 Å². The van der Waals surface area contributed by atoms with Crippen LogP contribution in [0.4, 0.5) is 5.95 Å². The van der Waals surface area contributed by atoms with Gasteiger partial charge in [0.25, 0.3) is 0 Å². The summed E-state index contributed by atoms with van der Waals surface area (Å²) in [6, 6.07) is 18.1. The maximum atomic E-state index is 6.51. The number of anilines is 1. The summed E-state index contributed by atoms with van der Waals surface area (Å²) in [6.07, 6.45) is 2.94. The second kappa shape index (κ2) is 8.42. The summed E-state index contributed by atoms with van der Waals surface area (Å²) in [5, 5.41) is 7.47. The monoisotopic (exact) mass is 418 g/mol. The van der Waals surface area contributed by atoms with Gasteiger partial charge in [0.1, 0.15) is 11.3 Å².